The van der Waals surface area contributed by atoms with Crippen LogP contribution in [0.25, 0.3) is 0 Å². The van der Waals surface area contributed by atoms with Gasteiger partial charge in [-0.05, 0) is 6.42 Å². The van der Waals surface area contributed by atoms with E-state index in [1.54, 1.807) is 0 Å². The summed E-state index contributed by atoms with van der Waals surface area (Å²) >= 11 is 0. The normalized spacial score (nSPS) is 9.40. The van der Waals surface area contributed by atoms with Crippen LogP contribution in [0.1, 0.15) is 19.8 Å². The summed E-state index contributed by atoms with van der Waals surface area (Å²) in [5.41, 5.74) is 0. The molecule has 0 N–H and O–H groups in total. The van der Waals surface area contributed by atoms with Crippen molar-refractivity contribution < 1.29 is 17.0 Å². The summed E-state index contributed by atoms with van der Waals surface area (Å²) in [7, 11) is 0. The first kappa shape index (κ1) is 17.0. The molecule has 0 saturated heterocycles. The topological polar surface area (TPSA) is 0 Å². The Balaban J connectivity index is -0.000000245. The number of rotatable bonds is 3. The quantitative estimate of drug-likeness (QED) is 0.332. The Morgan fingerprint density at radius 1 is 1.20 bits per heavy atom. The molecular formula is C8H13BrMg. The largest absolute Gasteiger partial charge is 2.00 e. The number of hydrogen-bond acceptors (Lipinski definition) is 0. The van der Waals surface area contributed by atoms with Gasteiger partial charge in [-0.25, -0.2) is 0 Å². The molecule has 0 aliphatic heterocycles. The average Bonchev–Trinajstić information content (AvgIpc) is 1.81. The fraction of sp³-hybridized carbons (Fsp3) is 0.375. The molecule has 0 fully saturated rings. The van der Waals surface area contributed by atoms with Gasteiger partial charge < -0.3 is 23.9 Å². The third kappa shape index (κ3) is 15.9. The van der Waals surface area contributed by atoms with Crippen LogP contribution in [-0.4, -0.2) is 23.1 Å². The first-order chi connectivity index (χ1) is 3.91. The van der Waals surface area contributed by atoms with Gasteiger partial charge in [-0.15, -0.1) is 6.08 Å². The van der Waals surface area contributed by atoms with Crippen LogP contribution >= 0.6 is 0 Å². The van der Waals surface area contributed by atoms with Gasteiger partial charge in [-0.1, -0.05) is 25.2 Å². The molecule has 0 bridgehead atoms. The van der Waals surface area contributed by atoms with E-state index in [0.717, 1.165) is 12.8 Å². The van der Waals surface area contributed by atoms with Gasteiger partial charge in [0.05, 0.1) is 0 Å². The Labute approximate surface area is 90.7 Å². The number of halogens is 1. The summed E-state index contributed by atoms with van der Waals surface area (Å²) in [6.07, 6.45) is 10.2. The summed E-state index contributed by atoms with van der Waals surface area (Å²) < 4.78 is 0. The van der Waals surface area contributed by atoms with Crippen LogP contribution in [0.15, 0.2) is 24.3 Å². The van der Waals surface area contributed by atoms with Gasteiger partial charge in [0.25, 0.3) is 0 Å². The number of hydrogen-bond donors (Lipinski definition) is 0. The van der Waals surface area contributed by atoms with E-state index in [1.807, 2.05) is 18.2 Å². The van der Waals surface area contributed by atoms with E-state index >= 15 is 0 Å². The summed E-state index contributed by atoms with van der Waals surface area (Å²) in [5, 5.41) is 0. The Bertz CT molecular complexity index is 75.3. The maximum atomic E-state index is 3.66. The molecule has 0 rings (SSSR count). The molecular weight excluding hydrogens is 200 g/mol. The minimum atomic E-state index is 0. The van der Waals surface area contributed by atoms with Crippen LogP contribution < -0.4 is 17.0 Å². The smallest absolute Gasteiger partial charge is 1.00 e. The van der Waals surface area contributed by atoms with E-state index < -0.39 is 0 Å². The summed E-state index contributed by atoms with van der Waals surface area (Å²) in [4.78, 5) is 0. The van der Waals surface area contributed by atoms with Gasteiger partial charge in [0.2, 0.25) is 0 Å². The van der Waals surface area contributed by atoms with Gasteiger partial charge in [-0.2, -0.15) is 6.42 Å². The summed E-state index contributed by atoms with van der Waals surface area (Å²) in [6, 6.07) is 0. The van der Waals surface area contributed by atoms with E-state index in [-0.39, 0.29) is 40.0 Å². The van der Waals surface area contributed by atoms with Crippen molar-refractivity contribution in [2.45, 2.75) is 19.8 Å². The van der Waals surface area contributed by atoms with Crippen LogP contribution in [0.3, 0.4) is 0 Å². The minimum absolute atomic E-state index is 0. The van der Waals surface area contributed by atoms with E-state index in [2.05, 4.69) is 19.9 Å². The van der Waals surface area contributed by atoms with Crippen LogP contribution in [0.2, 0.25) is 0 Å². The van der Waals surface area contributed by atoms with Crippen LogP contribution in [0, 0.1) is 6.92 Å². The van der Waals surface area contributed by atoms with Gasteiger partial charge in [0, 0.05) is 0 Å². The zero-order valence-corrected chi connectivity index (χ0v) is 9.52. The molecule has 0 aromatic carbocycles. The second-order valence-corrected chi connectivity index (χ2v) is 1.55. The molecule has 0 aromatic rings. The van der Waals surface area contributed by atoms with E-state index in [1.165, 1.54) is 0 Å². The van der Waals surface area contributed by atoms with Gasteiger partial charge in [-0.3, -0.25) is 0 Å². The van der Waals surface area contributed by atoms with Crippen LogP contribution in [0.4, 0.5) is 0 Å². The van der Waals surface area contributed by atoms with Crippen molar-refractivity contribution in [2.75, 3.05) is 0 Å². The maximum absolute atomic E-state index is 3.66. The van der Waals surface area contributed by atoms with Crippen LogP contribution in [0.5, 0.6) is 0 Å². The monoisotopic (exact) mass is 212 g/mol. The molecule has 0 atom stereocenters. The molecule has 0 spiro atoms. The average molecular weight is 213 g/mol. The standard InChI is InChI=1S/C8H13.BrH.Mg/c1-3-5-7-8-6-4-2;;/h5-8H,1,3-4H2,2H3;1H;/q-1;;+2/p-1/b7-5+,8-6+;;. The third-order valence-corrected chi connectivity index (χ3v) is 0.786. The van der Waals surface area contributed by atoms with E-state index in [0.29, 0.717) is 0 Å². The fourth-order valence-corrected chi connectivity index (χ4v) is 0.389. The van der Waals surface area contributed by atoms with Gasteiger partial charge in [0.1, 0.15) is 0 Å². The third-order valence-electron chi connectivity index (χ3n) is 0.786. The second kappa shape index (κ2) is 16.4. The maximum Gasteiger partial charge on any atom is 2.00 e. The molecule has 0 nitrogen and oxygen atoms in total. The van der Waals surface area contributed by atoms with Gasteiger partial charge in [0.15, 0.2) is 0 Å². The molecule has 0 heterocycles. The fourth-order valence-electron chi connectivity index (χ4n) is 0.389. The van der Waals surface area contributed by atoms with Crippen molar-refractivity contribution in [2.24, 2.45) is 0 Å². The number of allylic oxidation sites excluding steroid dienone is 4. The van der Waals surface area contributed by atoms with E-state index in [4.69, 9.17) is 0 Å². The summed E-state index contributed by atoms with van der Waals surface area (Å²) in [6.45, 7) is 5.78. The van der Waals surface area contributed by atoms with Crippen molar-refractivity contribution in [3.05, 3.63) is 31.2 Å². The Hall–Kier alpha value is 0.726. The molecule has 0 aromatic heterocycles. The molecule has 0 amide bonds. The molecule has 0 aliphatic carbocycles. The van der Waals surface area contributed by atoms with E-state index in [9.17, 15) is 0 Å². The zero-order chi connectivity index (χ0) is 6.24. The van der Waals surface area contributed by atoms with Crippen molar-refractivity contribution in [1.29, 1.82) is 0 Å². The van der Waals surface area contributed by atoms with Crippen molar-refractivity contribution in [1.82, 2.24) is 0 Å². The molecule has 54 valence electrons. The van der Waals surface area contributed by atoms with Crippen LogP contribution in [-0.2, 0) is 0 Å². The molecule has 10 heavy (non-hydrogen) atoms. The zero-order valence-electron chi connectivity index (χ0n) is 6.52. The molecule has 0 saturated carbocycles. The first-order valence-corrected chi connectivity index (χ1v) is 3.02. The van der Waals surface area contributed by atoms with Crippen molar-refractivity contribution >= 4 is 23.1 Å². The van der Waals surface area contributed by atoms with Crippen molar-refractivity contribution in [3.63, 3.8) is 0 Å². The molecule has 2 heteroatoms. The predicted octanol–water partition coefficient (Wildman–Crippen LogP) is -0.644. The Morgan fingerprint density at radius 3 is 2.10 bits per heavy atom. The molecule has 0 unspecified atom stereocenters. The second-order valence-electron chi connectivity index (χ2n) is 1.55. The predicted molar refractivity (Wildman–Crippen MR) is 44.3 cm³/mol. The molecule has 0 aliphatic rings. The SMILES string of the molecule is [Br-].[CH2-]C/C=C/C=C/CC.[Mg+2]. The van der Waals surface area contributed by atoms with Crippen molar-refractivity contribution in [3.8, 4) is 0 Å². The Kier molecular flexibility index (Phi) is 27.8. The first-order valence-electron chi connectivity index (χ1n) is 3.02. The minimum Gasteiger partial charge on any atom is -1.00 e. The molecule has 0 radical (unpaired) electrons. The Morgan fingerprint density at radius 2 is 1.70 bits per heavy atom. The summed E-state index contributed by atoms with van der Waals surface area (Å²) in [5.74, 6) is 0. The van der Waals surface area contributed by atoms with Gasteiger partial charge >= 0.3 is 23.1 Å².